The second kappa shape index (κ2) is 12.4. The molecular formula is C12H21NO4. The minimum Gasteiger partial charge on any atom is -0.461 e. The van der Waals surface area contributed by atoms with Crippen LogP contribution in [0.15, 0.2) is 23.7 Å². The molecule has 5 nitrogen and oxygen atoms in total. The van der Waals surface area contributed by atoms with Gasteiger partial charge in [-0.05, 0) is 6.92 Å². The summed E-state index contributed by atoms with van der Waals surface area (Å²) in [4.78, 5) is 11.1. The quantitative estimate of drug-likeness (QED) is 0.648. The van der Waals surface area contributed by atoms with Gasteiger partial charge < -0.3 is 14.4 Å². The lowest BCUT2D eigenvalue weighted by molar-refractivity contribution is 0.0514. The van der Waals surface area contributed by atoms with E-state index in [1.54, 1.807) is 6.92 Å². The zero-order valence-corrected chi connectivity index (χ0v) is 10.7. The average molecular weight is 243 g/mol. The van der Waals surface area contributed by atoms with Crippen LogP contribution >= 0.6 is 0 Å². The van der Waals surface area contributed by atoms with Crippen molar-refractivity contribution in [2.24, 2.45) is 0 Å². The molecule has 0 bridgehead atoms. The van der Waals surface area contributed by atoms with Crippen molar-refractivity contribution in [1.29, 1.82) is 0 Å². The van der Waals surface area contributed by atoms with Crippen LogP contribution < -0.4 is 0 Å². The number of rotatable bonds is 4. The fraction of sp³-hybridized carbons (Fsp3) is 0.500. The van der Waals surface area contributed by atoms with E-state index in [1.807, 2.05) is 13.8 Å². The number of carbonyl (C=O) groups excluding carboxylic acids is 1. The minimum atomic E-state index is -0.504. The lowest BCUT2D eigenvalue weighted by Crippen LogP contribution is -2.04. The first-order chi connectivity index (χ1) is 8.27. The highest BCUT2D eigenvalue weighted by Gasteiger charge is 2.12. The maximum Gasteiger partial charge on any atom is 0.360 e. The van der Waals surface area contributed by atoms with Crippen LogP contribution in [-0.4, -0.2) is 29.4 Å². The highest BCUT2D eigenvalue weighted by Crippen LogP contribution is 2.05. The largest absolute Gasteiger partial charge is 0.461 e. The van der Waals surface area contributed by atoms with E-state index >= 15 is 0 Å². The normalized spacial score (nSPS) is 8.24. The zero-order chi connectivity index (χ0) is 13.7. The van der Waals surface area contributed by atoms with E-state index in [9.17, 15) is 4.79 Å². The molecule has 17 heavy (non-hydrogen) atoms. The summed E-state index contributed by atoms with van der Waals surface area (Å²) in [6.45, 7) is 12.0. The molecule has 0 unspecified atom stereocenters. The predicted molar refractivity (Wildman–Crippen MR) is 65.9 cm³/mol. The summed E-state index contributed by atoms with van der Waals surface area (Å²) in [5.41, 5.74) is 0.144. The minimum absolute atomic E-state index is 0.0303. The van der Waals surface area contributed by atoms with Crippen LogP contribution in [0, 0.1) is 0 Å². The van der Waals surface area contributed by atoms with Crippen LogP contribution in [0.1, 0.15) is 37.0 Å². The van der Waals surface area contributed by atoms with Crippen molar-refractivity contribution in [1.82, 2.24) is 5.16 Å². The summed E-state index contributed by atoms with van der Waals surface area (Å²) >= 11 is 0. The van der Waals surface area contributed by atoms with Gasteiger partial charge in [0.05, 0.1) is 13.2 Å². The average Bonchev–Trinajstić information content (AvgIpc) is 2.84. The molecule has 0 saturated heterocycles. The molecular weight excluding hydrogens is 222 g/mol. The summed E-state index contributed by atoms with van der Waals surface area (Å²) in [6, 6.07) is 1.47. The molecule has 5 heteroatoms. The number of hydrogen-bond acceptors (Lipinski definition) is 5. The van der Waals surface area contributed by atoms with Gasteiger partial charge in [0, 0.05) is 12.5 Å². The first-order valence-electron chi connectivity index (χ1n) is 5.51. The first-order valence-corrected chi connectivity index (χ1v) is 5.51. The zero-order valence-electron chi connectivity index (χ0n) is 10.7. The van der Waals surface area contributed by atoms with Crippen molar-refractivity contribution in [3.8, 4) is 0 Å². The van der Waals surface area contributed by atoms with Crippen molar-refractivity contribution in [2.75, 3.05) is 13.2 Å². The van der Waals surface area contributed by atoms with Crippen LogP contribution in [0.4, 0.5) is 0 Å². The van der Waals surface area contributed by atoms with Gasteiger partial charge in [-0.15, -0.1) is 13.2 Å². The Morgan fingerprint density at radius 1 is 1.53 bits per heavy atom. The summed E-state index contributed by atoms with van der Waals surface area (Å²) in [5, 5.41) is 12.1. The number of carbonyl (C=O) groups is 1. The standard InChI is InChI=1S/C8H11NO4.C2H6.C2H4/c1-2-12-8(11)7-5-6(3-4-10)13-9-7;2*1-2/h5,10H,2-4H2,1H3;1-2H3;1-2H2. The van der Waals surface area contributed by atoms with Crippen molar-refractivity contribution in [2.45, 2.75) is 27.2 Å². The molecule has 0 aromatic carbocycles. The van der Waals surface area contributed by atoms with Crippen LogP contribution in [-0.2, 0) is 11.2 Å². The van der Waals surface area contributed by atoms with Crippen LogP contribution in [0.2, 0.25) is 0 Å². The van der Waals surface area contributed by atoms with Gasteiger partial charge in [-0.2, -0.15) is 0 Å². The van der Waals surface area contributed by atoms with Gasteiger partial charge in [0.2, 0.25) is 0 Å². The molecule has 1 aromatic heterocycles. The van der Waals surface area contributed by atoms with E-state index in [0.29, 0.717) is 18.8 Å². The molecule has 1 rings (SSSR count). The number of hydrogen-bond donors (Lipinski definition) is 1. The number of aliphatic hydroxyl groups excluding tert-OH is 1. The lowest BCUT2D eigenvalue weighted by atomic mass is 10.3. The van der Waals surface area contributed by atoms with Crippen LogP contribution in [0.3, 0.4) is 0 Å². The molecule has 0 aliphatic heterocycles. The monoisotopic (exact) mass is 243 g/mol. The first kappa shape index (κ1) is 17.8. The van der Waals surface area contributed by atoms with Crippen molar-refractivity contribution in [3.05, 3.63) is 30.7 Å². The van der Waals surface area contributed by atoms with Gasteiger partial charge in [-0.25, -0.2) is 4.79 Å². The molecule has 0 radical (unpaired) electrons. The van der Waals surface area contributed by atoms with Gasteiger partial charge in [0.1, 0.15) is 5.76 Å². The molecule has 0 fully saturated rings. The van der Waals surface area contributed by atoms with Crippen LogP contribution in [0.25, 0.3) is 0 Å². The third-order valence-electron chi connectivity index (χ3n) is 1.40. The fourth-order valence-electron chi connectivity index (χ4n) is 0.842. The van der Waals surface area contributed by atoms with Crippen molar-refractivity contribution in [3.63, 3.8) is 0 Å². The summed E-state index contributed by atoms with van der Waals surface area (Å²) in [7, 11) is 0. The highest BCUT2D eigenvalue weighted by molar-refractivity contribution is 5.87. The van der Waals surface area contributed by atoms with E-state index < -0.39 is 5.97 Å². The number of ether oxygens (including phenoxy) is 1. The molecule has 0 amide bonds. The van der Waals surface area contributed by atoms with E-state index in [2.05, 4.69) is 18.3 Å². The van der Waals surface area contributed by atoms with E-state index in [-0.39, 0.29) is 12.3 Å². The Morgan fingerprint density at radius 2 is 2.12 bits per heavy atom. The molecule has 98 valence electrons. The Morgan fingerprint density at radius 3 is 2.59 bits per heavy atom. The van der Waals surface area contributed by atoms with Crippen molar-refractivity contribution >= 4 is 5.97 Å². The molecule has 0 aliphatic rings. The predicted octanol–water partition coefficient (Wildman–Crippen LogP) is 2.21. The third-order valence-corrected chi connectivity index (χ3v) is 1.40. The molecule has 1 N–H and O–H groups in total. The summed E-state index contributed by atoms with van der Waals surface area (Å²) in [6.07, 6.45) is 0.354. The second-order valence-corrected chi connectivity index (χ2v) is 2.37. The molecule has 0 atom stereocenters. The van der Waals surface area contributed by atoms with E-state index in [4.69, 9.17) is 14.4 Å². The maximum atomic E-state index is 11.1. The Hall–Kier alpha value is -1.62. The molecule has 1 aromatic rings. The molecule has 0 aliphatic carbocycles. The van der Waals surface area contributed by atoms with Gasteiger partial charge in [-0.1, -0.05) is 19.0 Å². The number of aromatic nitrogens is 1. The number of nitrogens with zero attached hydrogens (tertiary/aromatic N) is 1. The molecule has 0 saturated carbocycles. The van der Waals surface area contributed by atoms with Crippen LogP contribution in [0.5, 0.6) is 0 Å². The van der Waals surface area contributed by atoms with Gasteiger partial charge in [-0.3, -0.25) is 0 Å². The Kier molecular flexibility index (Phi) is 13.0. The van der Waals surface area contributed by atoms with Gasteiger partial charge >= 0.3 is 5.97 Å². The van der Waals surface area contributed by atoms with E-state index in [0.717, 1.165) is 0 Å². The Bertz CT molecular complexity index is 296. The van der Waals surface area contributed by atoms with Gasteiger partial charge in [0.25, 0.3) is 0 Å². The number of aliphatic hydroxyl groups is 1. The topological polar surface area (TPSA) is 72.6 Å². The lowest BCUT2D eigenvalue weighted by Gasteiger charge is -1.94. The number of esters is 1. The smallest absolute Gasteiger partial charge is 0.360 e. The fourth-order valence-corrected chi connectivity index (χ4v) is 0.842. The van der Waals surface area contributed by atoms with Crippen molar-refractivity contribution < 1.29 is 19.2 Å². The Labute approximate surface area is 102 Å². The second-order valence-electron chi connectivity index (χ2n) is 2.37. The summed E-state index contributed by atoms with van der Waals surface area (Å²) < 4.78 is 9.46. The SMILES string of the molecule is C=C.CC.CCOC(=O)c1cc(CCO)on1. The maximum absolute atomic E-state index is 11.1. The Balaban J connectivity index is 0. The molecule has 1 heterocycles. The molecule has 0 spiro atoms. The van der Waals surface area contributed by atoms with E-state index in [1.165, 1.54) is 6.07 Å². The highest BCUT2D eigenvalue weighted by atomic mass is 16.5. The third kappa shape index (κ3) is 7.30. The summed E-state index contributed by atoms with van der Waals surface area (Å²) in [5.74, 6) is -0.0269. The van der Waals surface area contributed by atoms with Gasteiger partial charge in [0.15, 0.2) is 5.69 Å².